The molecule has 0 spiro atoms. The molecular weight excluding hydrogens is 277 g/mol. The molecule has 0 aromatic heterocycles. The number of benzene rings is 1. The fraction of sp³-hybridized carbons (Fsp3) is 0.417. The number of amides is 1. The maximum absolute atomic E-state index is 12.7. The molecule has 0 unspecified atom stereocenters. The third-order valence-corrected chi connectivity index (χ3v) is 2.92. The summed E-state index contributed by atoms with van der Waals surface area (Å²) in [6, 6.07) is 2.53. The van der Waals surface area contributed by atoms with E-state index in [1.807, 2.05) is 0 Å². The van der Waals surface area contributed by atoms with Gasteiger partial charge in [0, 0.05) is 24.3 Å². The number of carbonyl (C=O) groups is 1. The average Bonchev–Trinajstić information content (AvgIpc) is 2.46. The van der Waals surface area contributed by atoms with Crippen molar-refractivity contribution in [3.05, 3.63) is 34.5 Å². The molecular formula is C12H12F3N2O3-. The van der Waals surface area contributed by atoms with Crippen LogP contribution in [0.1, 0.15) is 15.9 Å². The monoisotopic (exact) mass is 289 g/mol. The molecule has 1 aliphatic heterocycles. The van der Waals surface area contributed by atoms with Gasteiger partial charge in [-0.2, -0.15) is 13.2 Å². The first-order valence-electron chi connectivity index (χ1n) is 5.89. The number of hydrogen-bond donors (Lipinski definition) is 1. The first-order chi connectivity index (χ1) is 9.41. The van der Waals surface area contributed by atoms with Crippen LogP contribution in [-0.4, -0.2) is 37.1 Å². The van der Waals surface area contributed by atoms with Gasteiger partial charge >= 0.3 is 6.18 Å². The Kier molecular flexibility index (Phi) is 4.15. The molecule has 1 aliphatic rings. The van der Waals surface area contributed by atoms with E-state index in [0.29, 0.717) is 32.4 Å². The summed E-state index contributed by atoms with van der Waals surface area (Å²) in [6.07, 6.45) is -4.62. The second kappa shape index (κ2) is 5.68. The van der Waals surface area contributed by atoms with Gasteiger partial charge < -0.3 is 20.3 Å². The van der Waals surface area contributed by atoms with Crippen molar-refractivity contribution in [2.24, 2.45) is 0 Å². The largest absolute Gasteiger partial charge is 0.761 e. The highest BCUT2D eigenvalue weighted by Crippen LogP contribution is 2.32. The van der Waals surface area contributed by atoms with Gasteiger partial charge in [-0.3, -0.25) is 4.79 Å². The maximum Gasteiger partial charge on any atom is 0.416 e. The van der Waals surface area contributed by atoms with E-state index in [0.717, 1.165) is 12.1 Å². The fourth-order valence-corrected chi connectivity index (χ4v) is 1.92. The van der Waals surface area contributed by atoms with Gasteiger partial charge in [0.05, 0.1) is 18.8 Å². The Morgan fingerprint density at radius 3 is 2.45 bits per heavy atom. The summed E-state index contributed by atoms with van der Waals surface area (Å²) in [5.41, 5.74) is -0.102. The molecule has 1 aromatic carbocycles. The van der Waals surface area contributed by atoms with Crippen molar-refractivity contribution < 1.29 is 22.7 Å². The van der Waals surface area contributed by atoms with Crippen LogP contribution in [0.4, 0.5) is 18.9 Å². The molecule has 1 N–H and O–H groups in total. The van der Waals surface area contributed by atoms with Crippen LogP contribution < -0.4 is 5.48 Å². The predicted molar refractivity (Wildman–Crippen MR) is 65.2 cm³/mol. The summed E-state index contributed by atoms with van der Waals surface area (Å²) >= 11 is 0. The number of halogens is 3. The molecule has 0 bridgehead atoms. The van der Waals surface area contributed by atoms with Crippen molar-refractivity contribution in [3.8, 4) is 0 Å². The minimum Gasteiger partial charge on any atom is -0.761 e. The van der Waals surface area contributed by atoms with E-state index in [-0.39, 0.29) is 11.3 Å². The number of nitrogens with zero attached hydrogens (tertiary/aromatic N) is 1. The predicted octanol–water partition coefficient (Wildman–Crippen LogP) is 2.09. The van der Waals surface area contributed by atoms with E-state index in [2.05, 4.69) is 0 Å². The van der Waals surface area contributed by atoms with Crippen molar-refractivity contribution in [2.45, 2.75) is 6.18 Å². The van der Waals surface area contributed by atoms with Crippen molar-refractivity contribution in [2.75, 3.05) is 31.8 Å². The van der Waals surface area contributed by atoms with Gasteiger partial charge in [0.2, 0.25) is 0 Å². The van der Waals surface area contributed by atoms with Crippen LogP contribution >= 0.6 is 0 Å². The number of hydrogen-bond acceptors (Lipinski definition) is 4. The van der Waals surface area contributed by atoms with Crippen LogP contribution in [0.2, 0.25) is 0 Å². The van der Waals surface area contributed by atoms with Crippen molar-refractivity contribution >= 4 is 11.6 Å². The summed E-state index contributed by atoms with van der Waals surface area (Å²) in [7, 11) is 0. The van der Waals surface area contributed by atoms with Gasteiger partial charge in [0.15, 0.2) is 0 Å². The summed E-state index contributed by atoms with van der Waals surface area (Å²) < 4.78 is 43.2. The molecule has 1 fully saturated rings. The van der Waals surface area contributed by atoms with Crippen LogP contribution in [-0.2, 0) is 10.9 Å². The molecule has 2 rings (SSSR count). The smallest absolute Gasteiger partial charge is 0.416 e. The van der Waals surface area contributed by atoms with E-state index < -0.39 is 17.6 Å². The zero-order valence-electron chi connectivity index (χ0n) is 10.4. The molecule has 1 amide bonds. The number of rotatable bonds is 2. The van der Waals surface area contributed by atoms with Gasteiger partial charge in [-0.1, -0.05) is 0 Å². The summed E-state index contributed by atoms with van der Waals surface area (Å²) in [4.78, 5) is 13.5. The molecule has 0 saturated carbocycles. The lowest BCUT2D eigenvalue weighted by Gasteiger charge is -2.27. The van der Waals surface area contributed by atoms with E-state index in [1.54, 1.807) is 0 Å². The molecule has 110 valence electrons. The molecule has 1 saturated heterocycles. The Hall–Kier alpha value is -1.80. The van der Waals surface area contributed by atoms with E-state index in [4.69, 9.17) is 4.74 Å². The Labute approximate surface area is 112 Å². The third kappa shape index (κ3) is 3.20. The molecule has 0 radical (unpaired) electrons. The van der Waals surface area contributed by atoms with Crippen molar-refractivity contribution in [3.63, 3.8) is 0 Å². The highest BCUT2D eigenvalue weighted by atomic mass is 19.4. The van der Waals surface area contributed by atoms with Gasteiger partial charge in [-0.25, -0.2) is 0 Å². The Bertz CT molecular complexity index is 499. The highest BCUT2D eigenvalue weighted by Gasteiger charge is 2.32. The zero-order chi connectivity index (χ0) is 14.8. The van der Waals surface area contributed by atoms with E-state index in [1.165, 1.54) is 10.4 Å². The lowest BCUT2D eigenvalue weighted by molar-refractivity contribution is -0.137. The topological polar surface area (TPSA) is 64.6 Å². The Morgan fingerprint density at radius 2 is 1.90 bits per heavy atom. The zero-order valence-corrected chi connectivity index (χ0v) is 10.4. The van der Waals surface area contributed by atoms with Crippen molar-refractivity contribution in [1.29, 1.82) is 0 Å². The Morgan fingerprint density at radius 1 is 1.25 bits per heavy atom. The molecule has 0 atom stereocenters. The quantitative estimate of drug-likeness (QED) is 0.847. The van der Waals surface area contributed by atoms with Crippen LogP contribution in [0.3, 0.4) is 0 Å². The first kappa shape index (κ1) is 14.6. The molecule has 1 aromatic rings. The number of anilines is 1. The lowest BCUT2D eigenvalue weighted by Crippen LogP contribution is -2.40. The normalized spacial score (nSPS) is 16.1. The molecule has 1 heterocycles. The van der Waals surface area contributed by atoms with Gasteiger partial charge in [0.25, 0.3) is 5.91 Å². The van der Waals surface area contributed by atoms with Crippen LogP contribution in [0.25, 0.3) is 0 Å². The highest BCUT2D eigenvalue weighted by molar-refractivity contribution is 5.95. The molecule has 8 heteroatoms. The van der Waals surface area contributed by atoms with Gasteiger partial charge in [0.1, 0.15) is 0 Å². The lowest BCUT2D eigenvalue weighted by atomic mass is 10.1. The summed E-state index contributed by atoms with van der Waals surface area (Å²) in [5, 5.41) is 10.6. The molecule has 5 nitrogen and oxygen atoms in total. The van der Waals surface area contributed by atoms with Crippen LogP contribution in [0.15, 0.2) is 18.2 Å². The minimum atomic E-state index is -4.62. The van der Waals surface area contributed by atoms with E-state index in [9.17, 15) is 23.2 Å². The van der Waals surface area contributed by atoms with Crippen LogP contribution in [0, 0.1) is 5.21 Å². The van der Waals surface area contributed by atoms with E-state index >= 15 is 0 Å². The molecule has 20 heavy (non-hydrogen) atoms. The fourth-order valence-electron chi connectivity index (χ4n) is 1.92. The number of carbonyl (C=O) groups excluding carboxylic acids is 1. The van der Waals surface area contributed by atoms with Crippen molar-refractivity contribution in [1.82, 2.24) is 4.90 Å². The Balaban J connectivity index is 2.32. The average molecular weight is 289 g/mol. The SMILES string of the molecule is O=C(c1cc(N[O-])cc(C(F)(F)F)c1)N1CCOCC1. The second-order valence-electron chi connectivity index (χ2n) is 4.30. The summed E-state index contributed by atoms with van der Waals surface area (Å²) in [6.45, 7) is 1.32. The van der Waals surface area contributed by atoms with Gasteiger partial charge in [-0.05, 0) is 18.2 Å². The van der Waals surface area contributed by atoms with Gasteiger partial charge in [-0.15, -0.1) is 0 Å². The minimum absolute atomic E-state index is 0.167. The summed E-state index contributed by atoms with van der Waals surface area (Å²) in [5.74, 6) is -0.545. The third-order valence-electron chi connectivity index (χ3n) is 2.92. The number of morpholine rings is 1. The van der Waals surface area contributed by atoms with Crippen LogP contribution in [0.5, 0.6) is 0 Å². The molecule has 0 aliphatic carbocycles. The number of ether oxygens (including phenoxy) is 1. The first-order valence-corrected chi connectivity index (χ1v) is 5.89. The maximum atomic E-state index is 12.7. The second-order valence-corrected chi connectivity index (χ2v) is 4.30. The number of alkyl halides is 3. The number of nitrogens with one attached hydrogen (secondary N) is 1. The standard InChI is InChI=1S/C12H12F3N2O3/c13-12(14,15)9-5-8(6-10(7-9)16-19)11(18)17-1-3-20-4-2-17/h5-7,16H,1-4H2/q-1.